The van der Waals surface area contributed by atoms with E-state index >= 15 is 0 Å². The molecule has 0 unspecified atom stereocenters. The Bertz CT molecular complexity index is 1090. The smallest absolute Gasteiger partial charge is 0.338 e. The van der Waals surface area contributed by atoms with Gasteiger partial charge in [0.15, 0.2) is 13.2 Å². The molecule has 0 aliphatic heterocycles. The maximum Gasteiger partial charge on any atom is 0.338 e. The largest absolute Gasteiger partial charge is 0.497 e. The predicted octanol–water partition coefficient (Wildman–Crippen LogP) is 4.32. The maximum atomic E-state index is 12.8. The lowest BCUT2D eigenvalue weighted by molar-refractivity contribution is -0.133. The number of carbonyl (C=O) groups is 3. The number of nitrogens with zero attached hydrogens (tertiary/aromatic N) is 1. The minimum absolute atomic E-state index is 0.170. The molecule has 0 aromatic heterocycles. The Labute approximate surface area is 204 Å². The van der Waals surface area contributed by atoms with E-state index in [4.69, 9.17) is 14.2 Å². The van der Waals surface area contributed by atoms with Gasteiger partial charge in [0.2, 0.25) is 0 Å². The molecule has 184 valence electrons. The zero-order valence-corrected chi connectivity index (χ0v) is 19.8. The van der Waals surface area contributed by atoms with Crippen molar-refractivity contribution in [1.29, 1.82) is 0 Å². The van der Waals surface area contributed by atoms with E-state index in [2.05, 4.69) is 11.4 Å². The molecule has 1 saturated carbocycles. The Morgan fingerprint density at radius 2 is 1.80 bits per heavy atom. The van der Waals surface area contributed by atoms with Crippen molar-refractivity contribution in [1.82, 2.24) is 4.90 Å². The van der Waals surface area contributed by atoms with E-state index in [1.54, 1.807) is 55.6 Å². The highest BCUT2D eigenvalue weighted by Crippen LogP contribution is 2.33. The van der Waals surface area contributed by atoms with E-state index in [9.17, 15) is 14.4 Å². The number of hydrogen-bond acceptors (Lipinski definition) is 6. The van der Waals surface area contributed by atoms with Gasteiger partial charge in [0.05, 0.1) is 12.7 Å². The first-order chi connectivity index (χ1) is 17.0. The first-order valence-electron chi connectivity index (χ1n) is 11.9. The summed E-state index contributed by atoms with van der Waals surface area (Å²) in [6.45, 7) is -0.474. The summed E-state index contributed by atoms with van der Waals surface area (Å²) in [5.41, 5.74) is 1.98. The molecule has 8 nitrogen and oxygen atoms in total. The van der Waals surface area contributed by atoms with E-state index < -0.39 is 5.97 Å². The Morgan fingerprint density at radius 1 is 1.00 bits per heavy atom. The highest BCUT2D eigenvalue weighted by molar-refractivity contribution is 5.92. The molecule has 0 heterocycles. The highest BCUT2D eigenvalue weighted by Gasteiger charge is 2.35. The molecule has 2 aromatic rings. The zero-order chi connectivity index (χ0) is 24.6. The number of allylic oxidation sites excluding steroid dienone is 2. The second-order valence-electron chi connectivity index (χ2n) is 8.61. The number of anilines is 1. The molecule has 0 spiro atoms. The van der Waals surface area contributed by atoms with Gasteiger partial charge in [0, 0.05) is 23.5 Å². The van der Waals surface area contributed by atoms with Gasteiger partial charge in [-0.05, 0) is 74.9 Å². The van der Waals surface area contributed by atoms with Crippen molar-refractivity contribution in [3.05, 3.63) is 65.9 Å². The third-order valence-electron chi connectivity index (χ3n) is 5.90. The Hall–Kier alpha value is -3.81. The van der Waals surface area contributed by atoms with Crippen LogP contribution in [-0.2, 0) is 14.3 Å². The standard InChI is InChI=1S/C27H30N2O6/c1-33-24-9-5-6-20(16-24)28-25(30)17-34-23-14-10-19(11-15-23)27(32)35-18-26(31)29(22-12-13-22)21-7-3-2-4-8-21/h5-7,9-11,14-16,22H,2-4,8,12-13,17-18H2,1H3,(H,28,30). The monoisotopic (exact) mass is 478 g/mol. The Balaban J connectivity index is 1.24. The lowest BCUT2D eigenvalue weighted by Crippen LogP contribution is -2.36. The molecule has 0 radical (unpaired) electrons. The number of benzene rings is 2. The maximum absolute atomic E-state index is 12.8. The average molecular weight is 479 g/mol. The molecular weight excluding hydrogens is 448 g/mol. The van der Waals surface area contributed by atoms with Crippen molar-refractivity contribution < 1.29 is 28.6 Å². The van der Waals surface area contributed by atoms with Crippen LogP contribution >= 0.6 is 0 Å². The predicted molar refractivity (Wildman–Crippen MR) is 130 cm³/mol. The zero-order valence-electron chi connectivity index (χ0n) is 19.8. The molecule has 2 amide bonds. The fourth-order valence-electron chi connectivity index (χ4n) is 3.99. The molecule has 0 bridgehead atoms. The molecule has 1 N–H and O–H groups in total. The van der Waals surface area contributed by atoms with Crippen LogP contribution in [0.1, 0.15) is 48.9 Å². The van der Waals surface area contributed by atoms with Crippen molar-refractivity contribution in [2.45, 2.75) is 44.6 Å². The number of methoxy groups -OCH3 is 1. The fourth-order valence-corrected chi connectivity index (χ4v) is 3.99. The van der Waals surface area contributed by atoms with Crippen LogP contribution in [0, 0.1) is 0 Å². The third-order valence-corrected chi connectivity index (χ3v) is 5.90. The minimum atomic E-state index is -0.575. The van der Waals surface area contributed by atoms with Crippen LogP contribution in [0.25, 0.3) is 0 Å². The van der Waals surface area contributed by atoms with Crippen LogP contribution in [0.3, 0.4) is 0 Å². The van der Waals surface area contributed by atoms with Gasteiger partial charge in [0.25, 0.3) is 11.8 Å². The molecular formula is C27H30N2O6. The number of hydrogen-bond donors (Lipinski definition) is 1. The van der Waals surface area contributed by atoms with Crippen molar-refractivity contribution >= 4 is 23.5 Å². The van der Waals surface area contributed by atoms with E-state index in [-0.39, 0.29) is 31.1 Å². The molecule has 1 fully saturated rings. The second kappa shape index (κ2) is 11.6. The molecule has 4 rings (SSSR count). The van der Waals surface area contributed by atoms with Gasteiger partial charge in [-0.25, -0.2) is 4.79 Å². The van der Waals surface area contributed by atoms with Crippen LogP contribution in [0.5, 0.6) is 11.5 Å². The van der Waals surface area contributed by atoms with Crippen molar-refractivity contribution in [2.24, 2.45) is 0 Å². The van der Waals surface area contributed by atoms with Crippen molar-refractivity contribution in [2.75, 3.05) is 25.6 Å². The van der Waals surface area contributed by atoms with E-state index in [0.29, 0.717) is 22.7 Å². The van der Waals surface area contributed by atoms with Gasteiger partial charge in [-0.15, -0.1) is 0 Å². The highest BCUT2D eigenvalue weighted by atomic mass is 16.5. The van der Waals surface area contributed by atoms with Crippen LogP contribution < -0.4 is 14.8 Å². The number of rotatable bonds is 10. The summed E-state index contributed by atoms with van der Waals surface area (Å²) in [4.78, 5) is 39.2. The van der Waals surface area contributed by atoms with Crippen LogP contribution in [0.2, 0.25) is 0 Å². The lowest BCUT2D eigenvalue weighted by atomic mass is 10.0. The lowest BCUT2D eigenvalue weighted by Gasteiger charge is -2.27. The van der Waals surface area contributed by atoms with Crippen LogP contribution in [0.4, 0.5) is 5.69 Å². The topological polar surface area (TPSA) is 94.2 Å². The summed E-state index contributed by atoms with van der Waals surface area (Å²) in [6, 6.07) is 13.5. The van der Waals surface area contributed by atoms with Crippen molar-refractivity contribution in [3.8, 4) is 11.5 Å². The second-order valence-corrected chi connectivity index (χ2v) is 8.61. The fraction of sp³-hybridized carbons (Fsp3) is 0.370. The van der Waals surface area contributed by atoms with Gasteiger partial charge in [0.1, 0.15) is 11.5 Å². The molecule has 35 heavy (non-hydrogen) atoms. The first kappa shape index (κ1) is 24.3. The Kier molecular flexibility index (Phi) is 8.03. The van der Waals surface area contributed by atoms with E-state index in [1.165, 1.54) is 0 Å². The van der Waals surface area contributed by atoms with E-state index in [0.717, 1.165) is 44.2 Å². The van der Waals surface area contributed by atoms with Crippen LogP contribution in [-0.4, -0.2) is 49.0 Å². The molecule has 8 heteroatoms. The number of ether oxygens (including phenoxy) is 3. The average Bonchev–Trinajstić information content (AvgIpc) is 3.72. The summed E-state index contributed by atoms with van der Waals surface area (Å²) in [5, 5.41) is 2.73. The number of carbonyl (C=O) groups excluding carboxylic acids is 3. The molecule has 0 saturated heterocycles. The van der Waals surface area contributed by atoms with Gasteiger partial charge >= 0.3 is 5.97 Å². The normalized spacial score (nSPS) is 14.9. The Morgan fingerprint density at radius 3 is 2.49 bits per heavy atom. The SMILES string of the molecule is COc1cccc(NC(=O)COc2ccc(C(=O)OCC(=O)N(C3=CCCCC3)C3CC3)cc2)c1. The summed E-state index contributed by atoms with van der Waals surface area (Å²) < 4.78 is 15.9. The third kappa shape index (κ3) is 6.85. The summed E-state index contributed by atoms with van der Waals surface area (Å²) >= 11 is 0. The van der Waals surface area contributed by atoms with Gasteiger partial charge in [-0.2, -0.15) is 0 Å². The molecule has 2 aliphatic rings. The molecule has 2 aromatic carbocycles. The quantitative estimate of drug-likeness (QED) is 0.511. The first-order valence-corrected chi connectivity index (χ1v) is 11.9. The van der Waals surface area contributed by atoms with Crippen molar-refractivity contribution in [3.63, 3.8) is 0 Å². The van der Waals surface area contributed by atoms with E-state index in [1.807, 2.05) is 4.90 Å². The molecule has 0 atom stereocenters. The van der Waals surface area contributed by atoms with Gasteiger partial charge < -0.3 is 24.4 Å². The van der Waals surface area contributed by atoms with Gasteiger partial charge in [-0.1, -0.05) is 12.1 Å². The number of amides is 2. The number of nitrogens with one attached hydrogen (secondary N) is 1. The summed E-state index contributed by atoms with van der Waals surface area (Å²) in [5.74, 6) is 0.000340. The van der Waals surface area contributed by atoms with Gasteiger partial charge in [-0.3, -0.25) is 9.59 Å². The molecule has 2 aliphatic carbocycles. The number of esters is 1. The summed E-state index contributed by atoms with van der Waals surface area (Å²) in [7, 11) is 1.56. The van der Waals surface area contributed by atoms with Crippen LogP contribution in [0.15, 0.2) is 60.3 Å². The minimum Gasteiger partial charge on any atom is -0.497 e. The summed E-state index contributed by atoms with van der Waals surface area (Å²) in [6.07, 6.45) is 8.25.